The van der Waals surface area contributed by atoms with Crippen LogP contribution >= 0.6 is 0 Å². The summed E-state index contributed by atoms with van der Waals surface area (Å²) in [5.41, 5.74) is 0.800. The van der Waals surface area contributed by atoms with Crippen LogP contribution in [0.2, 0.25) is 0 Å². The minimum absolute atomic E-state index is 0.0846. The van der Waals surface area contributed by atoms with E-state index in [1.165, 1.54) is 0 Å². The molecule has 2 saturated heterocycles. The fourth-order valence-corrected chi connectivity index (χ4v) is 5.97. The molecule has 0 spiro atoms. The molecule has 2 N–H and O–H groups in total. The van der Waals surface area contributed by atoms with Gasteiger partial charge < -0.3 is 24.4 Å². The fraction of sp³-hybridized carbons (Fsp3) is 0.800. The first-order chi connectivity index (χ1) is 17.5. The molecule has 212 valence electrons. The highest BCUT2D eigenvalue weighted by Crippen LogP contribution is 2.50. The quantitative estimate of drug-likeness (QED) is 0.308. The zero-order valence-electron chi connectivity index (χ0n) is 24.2. The maximum absolute atomic E-state index is 9.94. The van der Waals surface area contributed by atoms with E-state index in [4.69, 9.17) is 19.0 Å². The summed E-state index contributed by atoms with van der Waals surface area (Å²) in [5.74, 6) is 0. The first-order valence-electron chi connectivity index (χ1n) is 14.1. The zero-order chi connectivity index (χ0) is 27.3. The van der Waals surface area contributed by atoms with E-state index < -0.39 is 11.0 Å². The number of rotatable bonds is 15. The Morgan fingerprint density at radius 2 is 1.68 bits per heavy atom. The predicted octanol–water partition coefficient (Wildman–Crippen LogP) is 5.18. The lowest BCUT2D eigenvalue weighted by Gasteiger charge is -2.60. The van der Waals surface area contributed by atoms with E-state index in [1.807, 2.05) is 6.92 Å². The number of nitrogens with zero attached hydrogens (tertiary/aromatic N) is 1. The summed E-state index contributed by atoms with van der Waals surface area (Å²) in [4.78, 5) is 6.80. The van der Waals surface area contributed by atoms with Gasteiger partial charge in [-0.3, -0.25) is 4.84 Å². The molecule has 7 nitrogen and oxygen atoms in total. The van der Waals surface area contributed by atoms with E-state index in [0.29, 0.717) is 26.2 Å². The molecule has 0 bridgehead atoms. The Labute approximate surface area is 224 Å². The van der Waals surface area contributed by atoms with Crippen molar-refractivity contribution in [3.05, 3.63) is 35.4 Å². The standard InChI is InChI=1S/C30H51NO6/c1-8-29(20-32,21-33)22-36-28(7)18-27(5,6)31(30(9-2,10-3)19-28)37-23(4)25-13-11-24(12-14-25)15-34-16-26-17-35-26/h11-14,23,26,32-33H,8-10,15-22H2,1-7H3. The van der Waals surface area contributed by atoms with Crippen LogP contribution < -0.4 is 0 Å². The van der Waals surface area contributed by atoms with Gasteiger partial charge in [-0.2, -0.15) is 5.06 Å². The fourth-order valence-electron chi connectivity index (χ4n) is 5.97. The van der Waals surface area contributed by atoms with Crippen LogP contribution in [0.3, 0.4) is 0 Å². The van der Waals surface area contributed by atoms with E-state index in [1.54, 1.807) is 0 Å². The Morgan fingerprint density at radius 1 is 1.05 bits per heavy atom. The molecule has 7 heteroatoms. The lowest BCUT2D eigenvalue weighted by atomic mass is 9.69. The Bertz CT molecular complexity index is 823. The van der Waals surface area contributed by atoms with Gasteiger partial charge in [-0.25, -0.2) is 0 Å². The average Bonchev–Trinajstić information content (AvgIpc) is 3.71. The van der Waals surface area contributed by atoms with Crippen molar-refractivity contribution in [3.8, 4) is 0 Å². The first kappa shape index (κ1) is 30.5. The number of aliphatic hydroxyl groups excluding tert-OH is 2. The topological polar surface area (TPSA) is 83.9 Å². The van der Waals surface area contributed by atoms with Crippen LogP contribution in [0.5, 0.6) is 0 Å². The molecular weight excluding hydrogens is 470 g/mol. The van der Waals surface area contributed by atoms with Gasteiger partial charge in [-0.1, -0.05) is 45.0 Å². The van der Waals surface area contributed by atoms with Crippen molar-refractivity contribution in [2.24, 2.45) is 5.41 Å². The van der Waals surface area contributed by atoms with Crippen LogP contribution in [0.1, 0.15) is 97.8 Å². The predicted molar refractivity (Wildman–Crippen MR) is 145 cm³/mol. The number of epoxide rings is 1. The van der Waals surface area contributed by atoms with Crippen LogP contribution in [-0.4, -0.2) is 71.1 Å². The third-order valence-electron chi connectivity index (χ3n) is 8.64. The molecule has 0 radical (unpaired) electrons. The summed E-state index contributed by atoms with van der Waals surface area (Å²) >= 11 is 0. The Hall–Kier alpha value is -1.06. The van der Waals surface area contributed by atoms with Gasteiger partial charge in [-0.15, -0.1) is 0 Å². The molecule has 2 fully saturated rings. The second kappa shape index (κ2) is 12.4. The first-order valence-corrected chi connectivity index (χ1v) is 14.1. The van der Waals surface area contributed by atoms with Gasteiger partial charge in [0.1, 0.15) is 12.2 Å². The van der Waals surface area contributed by atoms with E-state index in [-0.39, 0.29) is 36.5 Å². The SMILES string of the molecule is CCC(CO)(CO)COC1(C)CC(C)(C)N(OC(C)c2ccc(COCC3CO3)cc2)C(CC)(CC)C1. The van der Waals surface area contributed by atoms with Crippen LogP contribution in [0.15, 0.2) is 24.3 Å². The van der Waals surface area contributed by atoms with Crippen molar-refractivity contribution in [2.45, 2.75) is 116 Å². The zero-order valence-corrected chi connectivity index (χ0v) is 24.2. The maximum atomic E-state index is 9.94. The van der Waals surface area contributed by atoms with Crippen molar-refractivity contribution < 1.29 is 29.3 Å². The van der Waals surface area contributed by atoms with Crippen molar-refractivity contribution in [1.82, 2.24) is 5.06 Å². The number of aliphatic hydroxyl groups is 2. The van der Waals surface area contributed by atoms with Crippen molar-refractivity contribution in [1.29, 1.82) is 0 Å². The number of ether oxygens (including phenoxy) is 3. The summed E-state index contributed by atoms with van der Waals surface area (Å²) in [5, 5.41) is 22.1. The summed E-state index contributed by atoms with van der Waals surface area (Å²) < 4.78 is 17.5. The molecular formula is C30H51NO6. The molecule has 0 aromatic heterocycles. The molecule has 0 aliphatic carbocycles. The molecule has 2 aliphatic heterocycles. The maximum Gasteiger partial charge on any atom is 0.104 e. The van der Waals surface area contributed by atoms with E-state index in [2.05, 4.69) is 70.9 Å². The number of hydrogen-bond acceptors (Lipinski definition) is 7. The molecule has 0 saturated carbocycles. The van der Waals surface area contributed by atoms with Crippen molar-refractivity contribution in [2.75, 3.05) is 33.0 Å². The third-order valence-corrected chi connectivity index (χ3v) is 8.64. The summed E-state index contributed by atoms with van der Waals surface area (Å²) in [6.07, 6.45) is 4.31. The van der Waals surface area contributed by atoms with Crippen molar-refractivity contribution in [3.63, 3.8) is 0 Å². The lowest BCUT2D eigenvalue weighted by molar-refractivity contribution is -0.337. The van der Waals surface area contributed by atoms with Crippen LogP contribution in [0, 0.1) is 5.41 Å². The normalized spacial score (nSPS) is 26.2. The summed E-state index contributed by atoms with van der Waals surface area (Å²) in [6, 6.07) is 8.50. The van der Waals surface area contributed by atoms with Gasteiger partial charge in [0.25, 0.3) is 0 Å². The molecule has 2 aliphatic rings. The molecule has 3 unspecified atom stereocenters. The number of hydroxylamine groups is 2. The number of hydrogen-bond donors (Lipinski definition) is 2. The largest absolute Gasteiger partial charge is 0.396 e. The van der Waals surface area contributed by atoms with E-state index >= 15 is 0 Å². The van der Waals surface area contributed by atoms with Gasteiger partial charge in [0.2, 0.25) is 0 Å². The van der Waals surface area contributed by atoms with Crippen LogP contribution in [0.25, 0.3) is 0 Å². The van der Waals surface area contributed by atoms with Gasteiger partial charge >= 0.3 is 0 Å². The Balaban J connectivity index is 1.72. The molecule has 3 atom stereocenters. The Morgan fingerprint density at radius 3 is 2.19 bits per heavy atom. The van der Waals surface area contributed by atoms with Crippen LogP contribution in [0.4, 0.5) is 0 Å². The second-order valence-electron chi connectivity index (χ2n) is 12.3. The summed E-state index contributed by atoms with van der Waals surface area (Å²) in [6.45, 7) is 17.4. The van der Waals surface area contributed by atoms with Gasteiger partial charge in [0, 0.05) is 16.5 Å². The molecule has 2 heterocycles. The van der Waals surface area contributed by atoms with Crippen molar-refractivity contribution >= 4 is 0 Å². The second-order valence-corrected chi connectivity index (χ2v) is 12.3. The molecule has 3 rings (SSSR count). The van der Waals surface area contributed by atoms with Gasteiger partial charge in [-0.05, 0) is 70.9 Å². The highest BCUT2D eigenvalue weighted by Gasteiger charge is 2.55. The average molecular weight is 522 g/mol. The van der Waals surface area contributed by atoms with E-state index in [0.717, 1.165) is 43.4 Å². The highest BCUT2D eigenvalue weighted by molar-refractivity contribution is 5.23. The minimum Gasteiger partial charge on any atom is -0.396 e. The van der Waals surface area contributed by atoms with Crippen LogP contribution in [-0.2, 0) is 25.7 Å². The smallest absolute Gasteiger partial charge is 0.104 e. The third kappa shape index (κ3) is 7.33. The molecule has 0 amide bonds. The van der Waals surface area contributed by atoms with Gasteiger partial charge in [0.15, 0.2) is 0 Å². The lowest BCUT2D eigenvalue weighted by Crippen LogP contribution is -2.67. The minimum atomic E-state index is -0.612. The van der Waals surface area contributed by atoms with E-state index in [9.17, 15) is 10.2 Å². The number of benzene rings is 1. The monoisotopic (exact) mass is 521 g/mol. The molecule has 1 aromatic rings. The molecule has 37 heavy (non-hydrogen) atoms. The molecule has 1 aromatic carbocycles. The highest BCUT2D eigenvalue weighted by atomic mass is 16.7. The van der Waals surface area contributed by atoms with Gasteiger partial charge in [0.05, 0.1) is 45.2 Å². The summed E-state index contributed by atoms with van der Waals surface area (Å²) in [7, 11) is 0. The number of piperidine rings is 1. The Kier molecular flexibility index (Phi) is 10.2.